The highest BCUT2D eigenvalue weighted by Crippen LogP contribution is 2.26. The Bertz CT molecular complexity index is 524. The van der Waals surface area contributed by atoms with Gasteiger partial charge in [-0.05, 0) is 25.5 Å². The molecule has 1 aliphatic carbocycles. The first-order chi connectivity index (χ1) is 7.62. The smallest absolute Gasteiger partial charge is 0.185 e. The second-order valence-electron chi connectivity index (χ2n) is 3.92. The number of sulfone groups is 1. The number of benzene rings is 1. The molecule has 1 aliphatic rings. The van der Waals surface area contributed by atoms with Gasteiger partial charge in [0.15, 0.2) is 9.84 Å². The molecule has 1 unspecified atom stereocenters. The molecular weight excluding hydrogens is 220 g/mol. The Kier molecular flexibility index (Phi) is 2.97. The summed E-state index contributed by atoms with van der Waals surface area (Å²) in [4.78, 5) is 0.406. The van der Waals surface area contributed by atoms with Crippen LogP contribution in [0.15, 0.2) is 59.0 Å². The van der Waals surface area contributed by atoms with Crippen LogP contribution >= 0.6 is 0 Å². The average Bonchev–Trinajstić information content (AvgIpc) is 2.30. The highest BCUT2D eigenvalue weighted by Gasteiger charge is 2.28. The second-order valence-corrected chi connectivity index (χ2v) is 6.05. The zero-order chi connectivity index (χ0) is 11.6. The van der Waals surface area contributed by atoms with Gasteiger partial charge in [-0.15, -0.1) is 0 Å². The van der Waals surface area contributed by atoms with E-state index in [-0.39, 0.29) is 0 Å². The second kappa shape index (κ2) is 4.26. The van der Waals surface area contributed by atoms with Gasteiger partial charge in [0.25, 0.3) is 0 Å². The van der Waals surface area contributed by atoms with E-state index in [1.807, 2.05) is 31.2 Å². The lowest BCUT2D eigenvalue weighted by Crippen LogP contribution is -2.23. The van der Waals surface area contributed by atoms with Crippen molar-refractivity contribution in [1.29, 1.82) is 0 Å². The standard InChI is InChI=1S/C13H14O2S/c1-11-7-5-6-10-13(11)16(14,15)12-8-3-2-4-9-12/h2-9,13H,10H2,1H3. The van der Waals surface area contributed by atoms with E-state index in [2.05, 4.69) is 0 Å². The minimum absolute atomic E-state index is 0.403. The quantitative estimate of drug-likeness (QED) is 0.788. The van der Waals surface area contributed by atoms with Gasteiger partial charge in [0.2, 0.25) is 0 Å². The molecule has 0 N–H and O–H groups in total. The van der Waals surface area contributed by atoms with E-state index in [9.17, 15) is 8.42 Å². The van der Waals surface area contributed by atoms with Crippen molar-refractivity contribution in [1.82, 2.24) is 0 Å². The van der Waals surface area contributed by atoms with Crippen LogP contribution in [0.25, 0.3) is 0 Å². The number of hydrogen-bond acceptors (Lipinski definition) is 2. The van der Waals surface area contributed by atoms with Crippen LogP contribution in [-0.4, -0.2) is 13.7 Å². The fourth-order valence-corrected chi connectivity index (χ4v) is 3.66. The summed E-state index contributed by atoms with van der Waals surface area (Å²) < 4.78 is 24.6. The molecule has 1 aromatic rings. The van der Waals surface area contributed by atoms with Gasteiger partial charge in [0, 0.05) is 0 Å². The minimum Gasteiger partial charge on any atom is -0.223 e. The van der Waals surface area contributed by atoms with Crippen molar-refractivity contribution in [3.63, 3.8) is 0 Å². The number of allylic oxidation sites excluding steroid dienone is 3. The van der Waals surface area contributed by atoms with Crippen LogP contribution in [0, 0.1) is 0 Å². The van der Waals surface area contributed by atoms with E-state index in [0.717, 1.165) is 5.57 Å². The third-order valence-corrected chi connectivity index (χ3v) is 5.04. The molecule has 84 valence electrons. The van der Waals surface area contributed by atoms with Crippen LogP contribution in [0.3, 0.4) is 0 Å². The molecule has 2 rings (SSSR count). The van der Waals surface area contributed by atoms with Crippen LogP contribution in [0.5, 0.6) is 0 Å². The Morgan fingerprint density at radius 3 is 2.50 bits per heavy atom. The topological polar surface area (TPSA) is 34.1 Å². The van der Waals surface area contributed by atoms with Gasteiger partial charge in [0.05, 0.1) is 10.1 Å². The van der Waals surface area contributed by atoms with Gasteiger partial charge in [0.1, 0.15) is 0 Å². The molecule has 0 aromatic heterocycles. The van der Waals surface area contributed by atoms with Crippen LogP contribution < -0.4 is 0 Å². The first kappa shape index (κ1) is 11.1. The van der Waals surface area contributed by atoms with Crippen molar-refractivity contribution in [2.24, 2.45) is 0 Å². The summed E-state index contributed by atoms with van der Waals surface area (Å²) in [5.74, 6) is 0. The van der Waals surface area contributed by atoms with Gasteiger partial charge in [-0.1, -0.05) is 42.0 Å². The molecule has 0 aliphatic heterocycles. The Hall–Kier alpha value is -1.35. The molecule has 0 radical (unpaired) electrons. The van der Waals surface area contributed by atoms with Crippen molar-refractivity contribution in [3.05, 3.63) is 54.1 Å². The summed E-state index contributed by atoms with van der Waals surface area (Å²) in [6.07, 6.45) is 6.25. The van der Waals surface area contributed by atoms with Crippen molar-refractivity contribution in [2.45, 2.75) is 23.5 Å². The van der Waals surface area contributed by atoms with E-state index in [4.69, 9.17) is 0 Å². The van der Waals surface area contributed by atoms with Crippen LogP contribution in [0.4, 0.5) is 0 Å². The van der Waals surface area contributed by atoms with Crippen LogP contribution in [0.1, 0.15) is 13.3 Å². The fourth-order valence-electron chi connectivity index (χ4n) is 1.86. The Balaban J connectivity index is 2.41. The largest absolute Gasteiger partial charge is 0.223 e. The Labute approximate surface area is 96.2 Å². The molecule has 16 heavy (non-hydrogen) atoms. The molecule has 0 fully saturated rings. The third-order valence-electron chi connectivity index (χ3n) is 2.80. The zero-order valence-electron chi connectivity index (χ0n) is 9.13. The van der Waals surface area contributed by atoms with Crippen molar-refractivity contribution in [3.8, 4) is 0 Å². The van der Waals surface area contributed by atoms with Gasteiger partial charge >= 0.3 is 0 Å². The van der Waals surface area contributed by atoms with Crippen molar-refractivity contribution < 1.29 is 8.42 Å². The van der Waals surface area contributed by atoms with E-state index in [0.29, 0.717) is 11.3 Å². The molecule has 0 bridgehead atoms. The van der Waals surface area contributed by atoms with Crippen molar-refractivity contribution in [2.75, 3.05) is 0 Å². The van der Waals surface area contributed by atoms with E-state index >= 15 is 0 Å². The van der Waals surface area contributed by atoms with Gasteiger partial charge in [-0.25, -0.2) is 8.42 Å². The van der Waals surface area contributed by atoms with E-state index in [1.165, 1.54) is 0 Å². The van der Waals surface area contributed by atoms with Gasteiger partial charge < -0.3 is 0 Å². The van der Waals surface area contributed by atoms with Crippen LogP contribution in [0.2, 0.25) is 0 Å². The maximum absolute atomic E-state index is 12.3. The molecule has 0 saturated heterocycles. The Morgan fingerprint density at radius 2 is 1.88 bits per heavy atom. The van der Waals surface area contributed by atoms with E-state index in [1.54, 1.807) is 24.3 Å². The molecular formula is C13H14O2S. The summed E-state index contributed by atoms with van der Waals surface area (Å²) in [5, 5.41) is -0.403. The highest BCUT2D eigenvalue weighted by atomic mass is 32.2. The predicted octanol–water partition coefficient (Wildman–Crippen LogP) is 2.74. The zero-order valence-corrected chi connectivity index (χ0v) is 9.94. The van der Waals surface area contributed by atoms with Gasteiger partial charge in [-0.2, -0.15) is 0 Å². The van der Waals surface area contributed by atoms with Crippen LogP contribution in [-0.2, 0) is 9.84 Å². The maximum atomic E-state index is 12.3. The van der Waals surface area contributed by atoms with E-state index < -0.39 is 15.1 Å². The van der Waals surface area contributed by atoms with Crippen molar-refractivity contribution >= 4 is 9.84 Å². The predicted molar refractivity (Wildman–Crippen MR) is 64.9 cm³/mol. The molecule has 2 nitrogen and oxygen atoms in total. The molecule has 0 saturated carbocycles. The first-order valence-corrected chi connectivity index (χ1v) is 6.79. The minimum atomic E-state index is -3.23. The monoisotopic (exact) mass is 234 g/mol. The lowest BCUT2D eigenvalue weighted by Gasteiger charge is -2.19. The summed E-state index contributed by atoms with van der Waals surface area (Å²) in [6, 6.07) is 8.64. The number of rotatable bonds is 2. The third kappa shape index (κ3) is 1.95. The maximum Gasteiger partial charge on any atom is 0.185 e. The molecule has 0 spiro atoms. The molecule has 0 heterocycles. The summed E-state index contributed by atoms with van der Waals surface area (Å²) in [5.41, 5.74) is 0.909. The van der Waals surface area contributed by atoms with Gasteiger partial charge in [-0.3, -0.25) is 0 Å². The molecule has 0 amide bonds. The normalized spacial score (nSPS) is 20.6. The lowest BCUT2D eigenvalue weighted by atomic mass is 10.1. The summed E-state index contributed by atoms with van der Waals surface area (Å²) in [6.45, 7) is 1.87. The lowest BCUT2D eigenvalue weighted by molar-refractivity contribution is 0.585. The average molecular weight is 234 g/mol. The number of hydrogen-bond donors (Lipinski definition) is 0. The summed E-state index contributed by atoms with van der Waals surface area (Å²) in [7, 11) is -3.23. The first-order valence-electron chi connectivity index (χ1n) is 5.24. The SMILES string of the molecule is CC1=CC=CCC1S(=O)(=O)c1ccccc1. The molecule has 3 heteroatoms. The highest BCUT2D eigenvalue weighted by molar-refractivity contribution is 7.92. The molecule has 1 aromatic carbocycles. The molecule has 1 atom stereocenters. The summed E-state index contributed by atoms with van der Waals surface area (Å²) >= 11 is 0. The fraction of sp³-hybridized carbons (Fsp3) is 0.231. The Morgan fingerprint density at radius 1 is 1.19 bits per heavy atom.